The maximum absolute atomic E-state index is 11.7. The predicted molar refractivity (Wildman–Crippen MR) is 77.4 cm³/mol. The zero-order valence-corrected chi connectivity index (χ0v) is 12.1. The first-order valence-electron chi connectivity index (χ1n) is 6.12. The van der Waals surface area contributed by atoms with Crippen molar-refractivity contribution in [1.82, 2.24) is 5.32 Å². The van der Waals surface area contributed by atoms with E-state index >= 15 is 0 Å². The molecular formula is C14H21N3O2. The topological polar surface area (TPSA) is 61.4 Å². The van der Waals surface area contributed by atoms with Crippen molar-refractivity contribution in [3.05, 3.63) is 24.3 Å². The van der Waals surface area contributed by atoms with E-state index in [2.05, 4.69) is 10.6 Å². The fraction of sp³-hybridized carbons (Fsp3) is 0.429. The van der Waals surface area contributed by atoms with Crippen LogP contribution < -0.4 is 15.5 Å². The zero-order chi connectivity index (χ0) is 14.6. The number of anilines is 2. The minimum atomic E-state index is -0.294. The molecule has 0 aliphatic heterocycles. The molecule has 1 aromatic rings. The number of benzene rings is 1. The van der Waals surface area contributed by atoms with Crippen molar-refractivity contribution in [1.29, 1.82) is 0 Å². The van der Waals surface area contributed by atoms with Crippen LogP contribution >= 0.6 is 0 Å². The third kappa shape index (κ3) is 4.99. The molecule has 1 rings (SSSR count). The minimum absolute atomic E-state index is 0.0590. The summed E-state index contributed by atoms with van der Waals surface area (Å²) in [6.07, 6.45) is 0. The minimum Gasteiger partial charge on any atom is -0.333 e. The third-order valence-electron chi connectivity index (χ3n) is 2.45. The molecular weight excluding hydrogens is 242 g/mol. The highest BCUT2D eigenvalue weighted by molar-refractivity contribution is 5.93. The lowest BCUT2D eigenvalue weighted by Crippen LogP contribution is -2.43. The Morgan fingerprint density at radius 1 is 1.21 bits per heavy atom. The highest BCUT2D eigenvalue weighted by Gasteiger charge is 2.14. The van der Waals surface area contributed by atoms with Gasteiger partial charge in [0.1, 0.15) is 0 Å². The van der Waals surface area contributed by atoms with Crippen LogP contribution in [-0.4, -0.2) is 24.5 Å². The van der Waals surface area contributed by atoms with Crippen molar-refractivity contribution in [2.24, 2.45) is 0 Å². The Morgan fingerprint density at radius 3 is 2.37 bits per heavy atom. The largest absolute Gasteiger partial charge is 0.333 e. The first-order valence-corrected chi connectivity index (χ1v) is 6.12. The normalized spacial score (nSPS) is 10.8. The molecule has 0 aliphatic rings. The van der Waals surface area contributed by atoms with Gasteiger partial charge in [-0.1, -0.05) is 6.07 Å². The van der Waals surface area contributed by atoms with E-state index in [-0.39, 0.29) is 17.5 Å². The molecule has 0 heterocycles. The molecule has 0 saturated heterocycles. The van der Waals surface area contributed by atoms with Crippen molar-refractivity contribution >= 4 is 23.3 Å². The van der Waals surface area contributed by atoms with Crippen LogP contribution in [0.25, 0.3) is 0 Å². The number of nitrogens with zero attached hydrogens (tertiary/aromatic N) is 1. The van der Waals surface area contributed by atoms with Gasteiger partial charge in [0.05, 0.1) is 0 Å². The van der Waals surface area contributed by atoms with Crippen LogP contribution in [0.5, 0.6) is 0 Å². The average Bonchev–Trinajstić information content (AvgIpc) is 2.25. The molecule has 1 aromatic carbocycles. The molecule has 0 aromatic heterocycles. The molecule has 0 fully saturated rings. The summed E-state index contributed by atoms with van der Waals surface area (Å²) in [5, 5.41) is 5.55. The quantitative estimate of drug-likeness (QED) is 0.861. The Balaban J connectivity index is 2.78. The van der Waals surface area contributed by atoms with Gasteiger partial charge in [-0.05, 0) is 39.0 Å². The van der Waals surface area contributed by atoms with Gasteiger partial charge in [-0.25, -0.2) is 4.79 Å². The summed E-state index contributed by atoms with van der Waals surface area (Å²) >= 11 is 0. The maximum Gasteiger partial charge on any atom is 0.319 e. The van der Waals surface area contributed by atoms with Crippen LogP contribution in [0.2, 0.25) is 0 Å². The van der Waals surface area contributed by atoms with Gasteiger partial charge in [-0.2, -0.15) is 0 Å². The van der Waals surface area contributed by atoms with E-state index in [1.54, 1.807) is 25.2 Å². The summed E-state index contributed by atoms with van der Waals surface area (Å²) < 4.78 is 0. The Kier molecular flexibility index (Phi) is 4.53. The van der Waals surface area contributed by atoms with Gasteiger partial charge in [0.2, 0.25) is 5.91 Å². The highest BCUT2D eigenvalue weighted by Crippen LogP contribution is 2.18. The SMILES string of the molecule is CC(=O)N(C)c1cccc(NC(=O)NC(C)(C)C)c1. The summed E-state index contributed by atoms with van der Waals surface area (Å²) in [6.45, 7) is 7.22. The zero-order valence-electron chi connectivity index (χ0n) is 12.1. The van der Waals surface area contributed by atoms with Crippen molar-refractivity contribution < 1.29 is 9.59 Å². The smallest absolute Gasteiger partial charge is 0.319 e. The van der Waals surface area contributed by atoms with Crippen LogP contribution in [0.3, 0.4) is 0 Å². The lowest BCUT2D eigenvalue weighted by Gasteiger charge is -2.21. The molecule has 0 atom stereocenters. The molecule has 0 saturated carbocycles. The Hall–Kier alpha value is -2.04. The van der Waals surface area contributed by atoms with Gasteiger partial charge in [0.15, 0.2) is 0 Å². The average molecular weight is 263 g/mol. The number of hydrogen-bond donors (Lipinski definition) is 2. The van der Waals surface area contributed by atoms with Gasteiger partial charge in [0.25, 0.3) is 0 Å². The van der Waals surface area contributed by atoms with Crippen LogP contribution in [0.4, 0.5) is 16.2 Å². The maximum atomic E-state index is 11.7. The number of hydrogen-bond acceptors (Lipinski definition) is 2. The first kappa shape index (κ1) is 15.0. The number of rotatable bonds is 2. The number of carbonyl (C=O) groups is 2. The van der Waals surface area contributed by atoms with E-state index in [4.69, 9.17) is 0 Å². The van der Waals surface area contributed by atoms with Crippen molar-refractivity contribution in [3.8, 4) is 0 Å². The fourth-order valence-corrected chi connectivity index (χ4v) is 1.48. The number of carbonyl (C=O) groups excluding carboxylic acids is 2. The standard InChI is InChI=1S/C14H21N3O2/c1-10(18)17(5)12-8-6-7-11(9-12)15-13(19)16-14(2,3)4/h6-9H,1-5H3,(H2,15,16,19). The van der Waals surface area contributed by atoms with E-state index in [1.165, 1.54) is 11.8 Å². The monoisotopic (exact) mass is 263 g/mol. The lowest BCUT2D eigenvalue weighted by atomic mass is 10.1. The van der Waals surface area contributed by atoms with E-state index in [9.17, 15) is 9.59 Å². The van der Waals surface area contributed by atoms with Gasteiger partial charge in [0, 0.05) is 30.9 Å². The number of urea groups is 1. The summed E-state index contributed by atoms with van der Waals surface area (Å²) in [5.74, 6) is -0.0590. The van der Waals surface area contributed by atoms with Gasteiger partial charge in [-0.3, -0.25) is 4.79 Å². The van der Waals surface area contributed by atoms with E-state index < -0.39 is 0 Å². The van der Waals surface area contributed by atoms with E-state index in [0.717, 1.165) is 5.69 Å². The van der Waals surface area contributed by atoms with Crippen LogP contribution in [0.15, 0.2) is 24.3 Å². The molecule has 5 heteroatoms. The molecule has 3 amide bonds. The molecule has 104 valence electrons. The second-order valence-electron chi connectivity index (χ2n) is 5.46. The molecule has 0 radical (unpaired) electrons. The molecule has 0 spiro atoms. The Morgan fingerprint density at radius 2 is 1.84 bits per heavy atom. The number of amides is 3. The first-order chi connectivity index (χ1) is 8.69. The van der Waals surface area contributed by atoms with Gasteiger partial charge in [-0.15, -0.1) is 0 Å². The highest BCUT2D eigenvalue weighted by atomic mass is 16.2. The summed E-state index contributed by atoms with van der Waals surface area (Å²) in [7, 11) is 1.69. The predicted octanol–water partition coefficient (Wildman–Crippen LogP) is 2.59. The number of nitrogens with one attached hydrogen (secondary N) is 2. The Bertz CT molecular complexity index is 478. The molecule has 0 unspecified atom stereocenters. The molecule has 19 heavy (non-hydrogen) atoms. The second-order valence-corrected chi connectivity index (χ2v) is 5.46. The molecule has 0 aliphatic carbocycles. The third-order valence-corrected chi connectivity index (χ3v) is 2.45. The summed E-state index contributed by atoms with van der Waals surface area (Å²) in [5.41, 5.74) is 1.09. The van der Waals surface area contributed by atoms with Gasteiger partial charge >= 0.3 is 6.03 Å². The van der Waals surface area contributed by atoms with Crippen molar-refractivity contribution in [3.63, 3.8) is 0 Å². The van der Waals surface area contributed by atoms with Crippen LogP contribution in [-0.2, 0) is 4.79 Å². The summed E-state index contributed by atoms with van der Waals surface area (Å²) in [6, 6.07) is 6.87. The second kappa shape index (κ2) is 5.73. The lowest BCUT2D eigenvalue weighted by molar-refractivity contribution is -0.116. The van der Waals surface area contributed by atoms with E-state index in [1.807, 2.05) is 26.8 Å². The molecule has 0 bridgehead atoms. The Labute approximate surface area is 114 Å². The molecule has 2 N–H and O–H groups in total. The van der Waals surface area contributed by atoms with Crippen molar-refractivity contribution in [2.75, 3.05) is 17.3 Å². The summed E-state index contributed by atoms with van der Waals surface area (Å²) in [4.78, 5) is 24.6. The van der Waals surface area contributed by atoms with Crippen LogP contribution in [0.1, 0.15) is 27.7 Å². The van der Waals surface area contributed by atoms with Crippen molar-refractivity contribution in [2.45, 2.75) is 33.2 Å². The fourth-order valence-electron chi connectivity index (χ4n) is 1.48. The molecule has 5 nitrogen and oxygen atoms in total. The van der Waals surface area contributed by atoms with E-state index in [0.29, 0.717) is 5.69 Å². The van der Waals surface area contributed by atoms with Crippen LogP contribution in [0, 0.1) is 0 Å². The van der Waals surface area contributed by atoms with Gasteiger partial charge < -0.3 is 15.5 Å².